The highest BCUT2D eigenvalue weighted by molar-refractivity contribution is 5.31. The number of hydrogen-bond acceptors (Lipinski definition) is 2. The van der Waals surface area contributed by atoms with Crippen LogP contribution in [0.3, 0.4) is 0 Å². The number of hydrogen-bond donors (Lipinski definition) is 0. The fraction of sp³-hybridized carbons (Fsp3) is 0.667. The SMILES string of the molecule is Cc1c(CC(F)(F)F)nn2c1OCCC2. The van der Waals surface area contributed by atoms with Crippen LogP contribution in [0.25, 0.3) is 0 Å². The minimum Gasteiger partial charge on any atom is -0.478 e. The van der Waals surface area contributed by atoms with Crippen molar-refractivity contribution in [1.82, 2.24) is 9.78 Å². The maximum absolute atomic E-state index is 12.2. The van der Waals surface area contributed by atoms with E-state index in [9.17, 15) is 13.2 Å². The van der Waals surface area contributed by atoms with Crippen LogP contribution >= 0.6 is 0 Å². The van der Waals surface area contributed by atoms with Crippen LogP contribution in [0, 0.1) is 6.92 Å². The quantitative estimate of drug-likeness (QED) is 0.724. The molecule has 3 nitrogen and oxygen atoms in total. The third-order valence-electron chi connectivity index (χ3n) is 2.35. The van der Waals surface area contributed by atoms with Gasteiger partial charge in [-0.2, -0.15) is 18.3 Å². The molecule has 1 aromatic heterocycles. The summed E-state index contributed by atoms with van der Waals surface area (Å²) in [6, 6.07) is 0. The highest BCUT2D eigenvalue weighted by Gasteiger charge is 2.32. The second kappa shape index (κ2) is 3.43. The van der Waals surface area contributed by atoms with Crippen LogP contribution in [0.1, 0.15) is 17.7 Å². The van der Waals surface area contributed by atoms with Gasteiger partial charge in [-0.05, 0) is 6.92 Å². The van der Waals surface area contributed by atoms with Crippen molar-refractivity contribution >= 4 is 0 Å². The molecule has 0 spiro atoms. The van der Waals surface area contributed by atoms with Gasteiger partial charge in [0.15, 0.2) is 0 Å². The second-order valence-corrected chi connectivity index (χ2v) is 3.59. The van der Waals surface area contributed by atoms with Crippen molar-refractivity contribution in [3.8, 4) is 5.88 Å². The number of aryl methyl sites for hydroxylation is 1. The lowest BCUT2D eigenvalue weighted by molar-refractivity contribution is -0.128. The number of fused-ring (bicyclic) bond motifs is 1. The molecule has 0 aliphatic carbocycles. The molecule has 0 saturated heterocycles. The van der Waals surface area contributed by atoms with Gasteiger partial charge in [0, 0.05) is 18.5 Å². The van der Waals surface area contributed by atoms with Crippen LogP contribution in [0.2, 0.25) is 0 Å². The highest BCUT2D eigenvalue weighted by Crippen LogP contribution is 2.29. The summed E-state index contributed by atoms with van der Waals surface area (Å²) < 4.78 is 43.4. The van der Waals surface area contributed by atoms with Crippen molar-refractivity contribution in [1.29, 1.82) is 0 Å². The zero-order chi connectivity index (χ0) is 11.1. The summed E-state index contributed by atoms with van der Waals surface area (Å²) in [4.78, 5) is 0. The molecular formula is C9H11F3N2O. The van der Waals surface area contributed by atoms with E-state index in [1.807, 2.05) is 0 Å². The van der Waals surface area contributed by atoms with Gasteiger partial charge in [-0.15, -0.1) is 0 Å². The average molecular weight is 220 g/mol. The number of alkyl halides is 3. The highest BCUT2D eigenvalue weighted by atomic mass is 19.4. The van der Waals surface area contributed by atoms with Crippen molar-refractivity contribution in [2.24, 2.45) is 0 Å². The Bertz CT molecular complexity index is 370. The minimum absolute atomic E-state index is 0.0689. The zero-order valence-corrected chi connectivity index (χ0v) is 8.26. The maximum Gasteiger partial charge on any atom is 0.394 e. The first-order chi connectivity index (χ1) is 6.97. The predicted molar refractivity (Wildman–Crippen MR) is 46.8 cm³/mol. The van der Waals surface area contributed by atoms with Crippen LogP contribution in [-0.4, -0.2) is 22.6 Å². The van der Waals surface area contributed by atoms with E-state index in [1.165, 1.54) is 4.68 Å². The molecule has 6 heteroatoms. The van der Waals surface area contributed by atoms with Crippen molar-refractivity contribution in [3.05, 3.63) is 11.3 Å². The lowest BCUT2D eigenvalue weighted by Gasteiger charge is -2.14. The third-order valence-corrected chi connectivity index (χ3v) is 2.35. The molecule has 2 rings (SSSR count). The van der Waals surface area contributed by atoms with Crippen LogP contribution in [0.5, 0.6) is 5.88 Å². The fourth-order valence-electron chi connectivity index (χ4n) is 1.66. The molecule has 0 amide bonds. The Morgan fingerprint density at radius 2 is 2.20 bits per heavy atom. The van der Waals surface area contributed by atoms with Gasteiger partial charge >= 0.3 is 6.18 Å². The minimum atomic E-state index is -4.21. The van der Waals surface area contributed by atoms with Gasteiger partial charge in [0.25, 0.3) is 0 Å². The first-order valence-electron chi connectivity index (χ1n) is 4.73. The Labute approximate surface area is 84.8 Å². The van der Waals surface area contributed by atoms with Crippen molar-refractivity contribution in [2.75, 3.05) is 6.61 Å². The zero-order valence-electron chi connectivity index (χ0n) is 8.26. The van der Waals surface area contributed by atoms with Crippen LogP contribution in [-0.2, 0) is 13.0 Å². The van der Waals surface area contributed by atoms with Gasteiger partial charge in [0.2, 0.25) is 5.88 Å². The molecule has 1 aliphatic rings. The van der Waals surface area contributed by atoms with E-state index < -0.39 is 12.6 Å². The number of rotatable bonds is 1. The van der Waals surface area contributed by atoms with E-state index >= 15 is 0 Å². The molecule has 2 heterocycles. The molecule has 0 atom stereocenters. The van der Waals surface area contributed by atoms with Gasteiger partial charge in [-0.3, -0.25) is 0 Å². The summed E-state index contributed by atoms with van der Waals surface area (Å²) in [6.45, 7) is 2.80. The van der Waals surface area contributed by atoms with Crippen molar-refractivity contribution in [2.45, 2.75) is 32.5 Å². The number of halogens is 3. The standard InChI is InChI=1S/C9H11F3N2O/c1-6-7(5-9(10,11)12)13-14-3-2-4-15-8(6)14/h2-5H2,1H3. The summed E-state index contributed by atoms with van der Waals surface area (Å²) in [7, 11) is 0. The van der Waals surface area contributed by atoms with Gasteiger partial charge < -0.3 is 4.74 Å². The smallest absolute Gasteiger partial charge is 0.394 e. The molecule has 0 N–H and O–H groups in total. The molecular weight excluding hydrogens is 209 g/mol. The molecule has 0 unspecified atom stereocenters. The summed E-state index contributed by atoms with van der Waals surface area (Å²) in [5.74, 6) is 0.487. The molecule has 0 saturated carbocycles. The number of nitrogens with zero attached hydrogens (tertiary/aromatic N) is 2. The predicted octanol–water partition coefficient (Wildman–Crippen LogP) is 2.08. The van der Waals surface area contributed by atoms with Gasteiger partial charge in [-0.1, -0.05) is 0 Å². The Morgan fingerprint density at radius 1 is 1.47 bits per heavy atom. The molecule has 0 fully saturated rings. The first kappa shape index (κ1) is 10.3. The van der Waals surface area contributed by atoms with E-state index in [2.05, 4.69) is 5.10 Å². The van der Waals surface area contributed by atoms with Crippen LogP contribution in [0.15, 0.2) is 0 Å². The summed E-state index contributed by atoms with van der Waals surface area (Å²) in [5, 5.41) is 3.91. The number of aromatic nitrogens is 2. The summed E-state index contributed by atoms with van der Waals surface area (Å²) >= 11 is 0. The van der Waals surface area contributed by atoms with Crippen LogP contribution < -0.4 is 4.74 Å². The third kappa shape index (κ3) is 2.08. The van der Waals surface area contributed by atoms with Gasteiger partial charge in [0.1, 0.15) is 0 Å². The van der Waals surface area contributed by atoms with E-state index in [0.717, 1.165) is 6.42 Å². The molecule has 1 aliphatic heterocycles. The van der Waals surface area contributed by atoms with Crippen molar-refractivity contribution < 1.29 is 17.9 Å². The Morgan fingerprint density at radius 3 is 2.80 bits per heavy atom. The molecule has 1 aromatic rings. The Hall–Kier alpha value is -1.20. The van der Waals surface area contributed by atoms with Crippen molar-refractivity contribution in [3.63, 3.8) is 0 Å². The normalized spacial score (nSPS) is 16.0. The monoisotopic (exact) mass is 220 g/mol. The van der Waals surface area contributed by atoms with E-state index in [-0.39, 0.29) is 5.69 Å². The van der Waals surface area contributed by atoms with Crippen LogP contribution in [0.4, 0.5) is 13.2 Å². The Kier molecular flexibility index (Phi) is 2.36. The van der Waals surface area contributed by atoms with E-state index in [4.69, 9.17) is 4.74 Å². The van der Waals surface area contributed by atoms with Gasteiger partial charge in [0.05, 0.1) is 18.7 Å². The summed E-state index contributed by atoms with van der Waals surface area (Å²) in [6.07, 6.45) is -4.41. The number of ether oxygens (including phenoxy) is 1. The maximum atomic E-state index is 12.2. The summed E-state index contributed by atoms with van der Waals surface area (Å²) in [5.41, 5.74) is 0.575. The molecule has 0 radical (unpaired) electrons. The lowest BCUT2D eigenvalue weighted by atomic mass is 10.2. The molecule has 0 aromatic carbocycles. The van der Waals surface area contributed by atoms with E-state index in [1.54, 1.807) is 6.92 Å². The second-order valence-electron chi connectivity index (χ2n) is 3.59. The molecule has 0 bridgehead atoms. The first-order valence-corrected chi connectivity index (χ1v) is 4.73. The van der Waals surface area contributed by atoms with Gasteiger partial charge in [-0.25, -0.2) is 4.68 Å². The topological polar surface area (TPSA) is 27.1 Å². The largest absolute Gasteiger partial charge is 0.478 e. The molecule has 84 valence electrons. The lowest BCUT2D eigenvalue weighted by Crippen LogP contribution is -2.15. The molecule has 15 heavy (non-hydrogen) atoms. The average Bonchev–Trinajstić information content (AvgIpc) is 2.42. The van der Waals surface area contributed by atoms with E-state index in [0.29, 0.717) is 24.6 Å². The Balaban J connectivity index is 2.29. The fourth-order valence-corrected chi connectivity index (χ4v) is 1.66.